The molecule has 18 heavy (non-hydrogen) atoms. The third-order valence-corrected chi connectivity index (χ3v) is 2.77. The van der Waals surface area contributed by atoms with Crippen molar-refractivity contribution < 1.29 is 4.74 Å². The van der Waals surface area contributed by atoms with Gasteiger partial charge >= 0.3 is 0 Å². The van der Waals surface area contributed by atoms with Crippen LogP contribution in [0.15, 0.2) is 65.7 Å². The topological polar surface area (TPSA) is 21.6 Å². The summed E-state index contributed by atoms with van der Waals surface area (Å²) in [6.45, 7) is 0.528. The van der Waals surface area contributed by atoms with Gasteiger partial charge in [0, 0.05) is 0 Å². The summed E-state index contributed by atoms with van der Waals surface area (Å²) in [5, 5.41) is 0. The van der Waals surface area contributed by atoms with Crippen molar-refractivity contribution in [1.82, 2.24) is 0 Å². The molecule has 88 valence electrons. The van der Waals surface area contributed by atoms with E-state index in [1.165, 1.54) is 5.56 Å². The van der Waals surface area contributed by atoms with Crippen LogP contribution in [0.4, 0.5) is 5.69 Å². The average molecular weight is 235 g/mol. The van der Waals surface area contributed by atoms with E-state index in [4.69, 9.17) is 4.74 Å². The van der Waals surface area contributed by atoms with Crippen LogP contribution >= 0.6 is 0 Å². The second-order valence-corrected chi connectivity index (χ2v) is 4.10. The second kappa shape index (κ2) is 4.88. The fourth-order valence-corrected chi connectivity index (χ4v) is 1.85. The summed E-state index contributed by atoms with van der Waals surface area (Å²) in [5.41, 5.74) is 3.01. The quantitative estimate of drug-likeness (QED) is 0.774. The van der Waals surface area contributed by atoms with E-state index < -0.39 is 0 Å². The molecule has 0 aromatic heterocycles. The Balaban J connectivity index is 1.83. The van der Waals surface area contributed by atoms with Gasteiger partial charge in [0.05, 0.1) is 5.71 Å². The third-order valence-electron chi connectivity index (χ3n) is 2.77. The number of fused-ring (bicyclic) bond motifs is 1. The van der Waals surface area contributed by atoms with Gasteiger partial charge in [-0.3, -0.25) is 0 Å². The first kappa shape index (κ1) is 10.8. The van der Waals surface area contributed by atoms with E-state index >= 15 is 0 Å². The van der Waals surface area contributed by atoms with E-state index in [0.717, 1.165) is 17.1 Å². The normalized spacial score (nSPS) is 13.9. The molecule has 0 radical (unpaired) electrons. The van der Waals surface area contributed by atoms with Gasteiger partial charge in [-0.1, -0.05) is 48.5 Å². The first-order chi connectivity index (χ1) is 8.92. The zero-order valence-electron chi connectivity index (χ0n) is 9.91. The summed E-state index contributed by atoms with van der Waals surface area (Å²) < 4.78 is 5.64. The number of benzene rings is 2. The van der Waals surface area contributed by atoms with Crippen molar-refractivity contribution in [3.8, 4) is 5.75 Å². The highest BCUT2D eigenvalue weighted by Gasteiger charge is 2.09. The first-order valence-corrected chi connectivity index (χ1v) is 5.94. The largest absolute Gasteiger partial charge is 0.485 e. The lowest BCUT2D eigenvalue weighted by molar-refractivity contribution is 0.373. The van der Waals surface area contributed by atoms with Gasteiger partial charge in [-0.2, -0.15) is 0 Å². The summed E-state index contributed by atoms with van der Waals surface area (Å²) in [6, 6.07) is 18.0. The smallest absolute Gasteiger partial charge is 0.145 e. The Kier molecular flexibility index (Phi) is 2.92. The number of para-hydroxylation sites is 2. The Morgan fingerprint density at radius 3 is 2.56 bits per heavy atom. The Labute approximate surface area is 106 Å². The molecule has 3 rings (SSSR count). The molecule has 2 heteroatoms. The molecule has 2 aromatic carbocycles. The Hall–Kier alpha value is -2.35. The van der Waals surface area contributed by atoms with Crippen molar-refractivity contribution in [2.75, 3.05) is 6.61 Å². The summed E-state index contributed by atoms with van der Waals surface area (Å²) in [5.74, 6) is 0.856. The number of aliphatic imine (C=N–C) groups is 1. The van der Waals surface area contributed by atoms with Gasteiger partial charge in [-0.05, 0) is 23.8 Å². The monoisotopic (exact) mass is 235 g/mol. The van der Waals surface area contributed by atoms with Gasteiger partial charge in [-0.25, -0.2) is 4.99 Å². The summed E-state index contributed by atoms with van der Waals surface area (Å²) in [7, 11) is 0. The van der Waals surface area contributed by atoms with E-state index in [9.17, 15) is 0 Å². The number of ether oxygens (including phenoxy) is 1. The molecule has 0 bridgehead atoms. The Morgan fingerprint density at radius 2 is 1.67 bits per heavy atom. The molecule has 0 spiro atoms. The molecule has 1 aliphatic heterocycles. The van der Waals surface area contributed by atoms with Crippen LogP contribution in [0.1, 0.15) is 5.56 Å². The molecule has 2 aromatic rings. The summed E-state index contributed by atoms with van der Waals surface area (Å²) in [6.07, 6.45) is 4.06. The van der Waals surface area contributed by atoms with Crippen molar-refractivity contribution in [2.24, 2.45) is 4.99 Å². The van der Waals surface area contributed by atoms with Crippen LogP contribution in [0, 0.1) is 0 Å². The van der Waals surface area contributed by atoms with E-state index in [0.29, 0.717) is 6.61 Å². The highest BCUT2D eigenvalue weighted by molar-refractivity contribution is 6.02. The Morgan fingerprint density at radius 1 is 0.889 bits per heavy atom. The Bertz CT molecular complexity index is 600. The van der Waals surface area contributed by atoms with Crippen LogP contribution in [0.3, 0.4) is 0 Å². The molecule has 0 saturated carbocycles. The minimum Gasteiger partial charge on any atom is -0.485 e. The minimum absolute atomic E-state index is 0.528. The molecular formula is C16H13NO. The van der Waals surface area contributed by atoms with Crippen LogP contribution in [0.2, 0.25) is 0 Å². The van der Waals surface area contributed by atoms with Crippen molar-refractivity contribution in [3.63, 3.8) is 0 Å². The highest BCUT2D eigenvalue weighted by atomic mass is 16.5. The number of hydrogen-bond acceptors (Lipinski definition) is 2. The SMILES string of the molecule is C(=C\c1ccccc1)/C1=Nc2ccccc2OC1. The molecule has 0 atom stereocenters. The number of nitrogens with zero attached hydrogens (tertiary/aromatic N) is 1. The minimum atomic E-state index is 0.528. The average Bonchev–Trinajstić information content (AvgIpc) is 2.46. The molecule has 1 aliphatic rings. The summed E-state index contributed by atoms with van der Waals surface area (Å²) in [4.78, 5) is 4.57. The molecule has 2 nitrogen and oxygen atoms in total. The van der Waals surface area contributed by atoms with Crippen LogP contribution < -0.4 is 4.74 Å². The number of hydrogen-bond donors (Lipinski definition) is 0. The predicted molar refractivity (Wildman–Crippen MR) is 74.5 cm³/mol. The maximum atomic E-state index is 5.64. The third kappa shape index (κ3) is 2.33. The van der Waals surface area contributed by atoms with Crippen LogP contribution in [0.25, 0.3) is 6.08 Å². The van der Waals surface area contributed by atoms with Crippen molar-refractivity contribution >= 4 is 17.5 Å². The van der Waals surface area contributed by atoms with Crippen molar-refractivity contribution in [1.29, 1.82) is 0 Å². The standard InChI is InChI=1S/C16H13NO/c1-2-6-13(7-3-1)10-11-14-12-18-16-9-5-4-8-15(16)17-14/h1-11H,12H2/b11-10+. The molecular weight excluding hydrogens is 222 g/mol. The van der Waals surface area contributed by atoms with Gasteiger partial charge in [0.2, 0.25) is 0 Å². The predicted octanol–water partition coefficient (Wildman–Crippen LogP) is 3.86. The highest BCUT2D eigenvalue weighted by Crippen LogP contribution is 2.29. The second-order valence-electron chi connectivity index (χ2n) is 4.10. The van der Waals surface area contributed by atoms with Crippen LogP contribution in [-0.4, -0.2) is 12.3 Å². The van der Waals surface area contributed by atoms with Crippen molar-refractivity contribution in [2.45, 2.75) is 0 Å². The van der Waals surface area contributed by atoms with Gasteiger partial charge in [0.25, 0.3) is 0 Å². The maximum Gasteiger partial charge on any atom is 0.145 e. The van der Waals surface area contributed by atoms with E-state index in [-0.39, 0.29) is 0 Å². The molecule has 0 aliphatic carbocycles. The van der Waals surface area contributed by atoms with Gasteiger partial charge in [0.15, 0.2) is 0 Å². The van der Waals surface area contributed by atoms with Gasteiger partial charge in [0.1, 0.15) is 18.0 Å². The van der Waals surface area contributed by atoms with Crippen LogP contribution in [-0.2, 0) is 0 Å². The fourth-order valence-electron chi connectivity index (χ4n) is 1.85. The molecule has 0 unspecified atom stereocenters. The lowest BCUT2D eigenvalue weighted by atomic mass is 10.2. The molecule has 0 fully saturated rings. The summed E-state index contributed by atoms with van der Waals surface area (Å²) >= 11 is 0. The van der Waals surface area contributed by atoms with E-state index in [1.807, 2.05) is 48.5 Å². The van der Waals surface area contributed by atoms with E-state index in [1.54, 1.807) is 0 Å². The van der Waals surface area contributed by atoms with E-state index in [2.05, 4.69) is 23.2 Å². The lowest BCUT2D eigenvalue weighted by Gasteiger charge is -2.14. The zero-order chi connectivity index (χ0) is 12.2. The van der Waals surface area contributed by atoms with Crippen LogP contribution in [0.5, 0.6) is 5.75 Å². The maximum absolute atomic E-state index is 5.64. The van der Waals surface area contributed by atoms with Gasteiger partial charge < -0.3 is 4.74 Å². The molecule has 0 N–H and O–H groups in total. The van der Waals surface area contributed by atoms with Gasteiger partial charge in [-0.15, -0.1) is 0 Å². The number of rotatable bonds is 2. The van der Waals surface area contributed by atoms with Crippen molar-refractivity contribution in [3.05, 3.63) is 66.2 Å². The lowest BCUT2D eigenvalue weighted by Crippen LogP contribution is -2.12. The molecule has 1 heterocycles. The molecule has 0 amide bonds. The first-order valence-electron chi connectivity index (χ1n) is 5.94. The fraction of sp³-hybridized carbons (Fsp3) is 0.0625. The zero-order valence-corrected chi connectivity index (χ0v) is 9.91. The molecule has 0 saturated heterocycles.